The Morgan fingerprint density at radius 1 is 1.24 bits per heavy atom. The summed E-state index contributed by atoms with van der Waals surface area (Å²) in [5, 5.41) is 3.33. The van der Waals surface area contributed by atoms with E-state index in [0.29, 0.717) is 6.54 Å². The molecule has 1 heterocycles. The lowest BCUT2D eigenvalue weighted by Gasteiger charge is -2.21. The van der Waals surface area contributed by atoms with Crippen molar-refractivity contribution in [2.75, 3.05) is 13.2 Å². The van der Waals surface area contributed by atoms with Crippen LogP contribution in [0, 0.1) is 0 Å². The van der Waals surface area contributed by atoms with E-state index < -0.39 is 0 Å². The molecule has 0 atom stereocenters. The molecular weight excluding hydrogens is 280 g/mol. The molecule has 2 N–H and O–H groups in total. The largest absolute Gasteiger partial charge is 0.494 e. The topological polar surface area (TPSA) is 48.1 Å². The average Bonchev–Trinajstić information content (AvgIpc) is 2.95. The molecule has 0 spiro atoms. The zero-order valence-corrected chi connectivity index (χ0v) is 13.7. The van der Waals surface area contributed by atoms with Crippen LogP contribution in [0.2, 0.25) is 0 Å². The maximum absolute atomic E-state index is 5.75. The van der Waals surface area contributed by atoms with Crippen molar-refractivity contribution in [2.24, 2.45) is 5.73 Å². The average molecular weight is 304 g/mol. The minimum absolute atomic E-state index is 0.0948. The molecule has 1 aromatic carbocycles. The molecular formula is C17H24N2OS. The van der Waals surface area contributed by atoms with Gasteiger partial charge in [0.15, 0.2) is 0 Å². The lowest BCUT2D eigenvalue weighted by molar-refractivity contribution is 0.289. The Kier molecular flexibility index (Phi) is 5.76. The highest BCUT2D eigenvalue weighted by Gasteiger charge is 2.23. The van der Waals surface area contributed by atoms with Crippen LogP contribution in [0.1, 0.15) is 37.4 Å². The van der Waals surface area contributed by atoms with Gasteiger partial charge in [0.1, 0.15) is 5.75 Å². The summed E-state index contributed by atoms with van der Waals surface area (Å²) in [6.45, 7) is 5.91. The van der Waals surface area contributed by atoms with E-state index in [1.54, 1.807) is 11.3 Å². The van der Waals surface area contributed by atoms with Gasteiger partial charge in [-0.15, -0.1) is 11.3 Å². The second kappa shape index (κ2) is 7.57. The van der Waals surface area contributed by atoms with Gasteiger partial charge >= 0.3 is 0 Å². The Hall–Kier alpha value is -1.39. The van der Waals surface area contributed by atoms with Crippen LogP contribution in [-0.2, 0) is 11.8 Å². The van der Waals surface area contributed by atoms with Crippen molar-refractivity contribution in [3.63, 3.8) is 0 Å². The van der Waals surface area contributed by atoms with Gasteiger partial charge in [0.2, 0.25) is 0 Å². The SMILES string of the molecule is CC(C)(CCCOc1ccccc1)c1nc(CCN)cs1. The molecule has 0 fully saturated rings. The van der Waals surface area contributed by atoms with Crippen LogP contribution >= 0.6 is 11.3 Å². The molecule has 2 aromatic rings. The van der Waals surface area contributed by atoms with E-state index in [2.05, 4.69) is 19.2 Å². The van der Waals surface area contributed by atoms with Gasteiger partial charge in [-0.2, -0.15) is 0 Å². The molecule has 21 heavy (non-hydrogen) atoms. The summed E-state index contributed by atoms with van der Waals surface area (Å²) < 4.78 is 5.75. The summed E-state index contributed by atoms with van der Waals surface area (Å²) in [5.41, 5.74) is 6.79. The van der Waals surface area contributed by atoms with Crippen LogP contribution in [0.15, 0.2) is 35.7 Å². The van der Waals surface area contributed by atoms with E-state index in [9.17, 15) is 0 Å². The summed E-state index contributed by atoms with van der Waals surface area (Å²) in [5.74, 6) is 0.940. The lowest BCUT2D eigenvalue weighted by Crippen LogP contribution is -2.18. The second-order valence-electron chi connectivity index (χ2n) is 5.83. The van der Waals surface area contributed by atoms with Crippen LogP contribution in [0.3, 0.4) is 0 Å². The van der Waals surface area contributed by atoms with Crippen LogP contribution in [0.4, 0.5) is 0 Å². The summed E-state index contributed by atoms with van der Waals surface area (Å²) in [7, 11) is 0. The molecule has 2 rings (SSSR count). The number of ether oxygens (including phenoxy) is 1. The minimum atomic E-state index is 0.0948. The number of aromatic nitrogens is 1. The van der Waals surface area contributed by atoms with Gasteiger partial charge < -0.3 is 10.5 Å². The number of rotatable bonds is 8. The fourth-order valence-electron chi connectivity index (χ4n) is 2.21. The highest BCUT2D eigenvalue weighted by molar-refractivity contribution is 7.09. The summed E-state index contributed by atoms with van der Waals surface area (Å²) in [4.78, 5) is 4.71. The minimum Gasteiger partial charge on any atom is -0.494 e. The molecule has 0 aliphatic rings. The van der Waals surface area contributed by atoms with E-state index >= 15 is 0 Å². The number of benzene rings is 1. The van der Waals surface area contributed by atoms with Gasteiger partial charge in [-0.1, -0.05) is 32.0 Å². The fourth-order valence-corrected chi connectivity index (χ4v) is 3.22. The zero-order chi connectivity index (χ0) is 15.1. The van der Waals surface area contributed by atoms with Gasteiger partial charge in [0.25, 0.3) is 0 Å². The van der Waals surface area contributed by atoms with Crippen molar-refractivity contribution in [3.05, 3.63) is 46.4 Å². The van der Waals surface area contributed by atoms with Gasteiger partial charge in [-0.3, -0.25) is 0 Å². The van der Waals surface area contributed by atoms with Gasteiger partial charge in [-0.25, -0.2) is 4.98 Å². The van der Waals surface area contributed by atoms with Crippen LogP contribution in [0.5, 0.6) is 5.75 Å². The summed E-state index contributed by atoms with van der Waals surface area (Å²) >= 11 is 1.74. The molecule has 0 aliphatic heterocycles. The van der Waals surface area contributed by atoms with E-state index in [0.717, 1.165) is 37.3 Å². The first-order chi connectivity index (χ1) is 10.1. The number of nitrogens with two attached hydrogens (primary N) is 1. The van der Waals surface area contributed by atoms with Crippen molar-refractivity contribution < 1.29 is 4.74 Å². The lowest BCUT2D eigenvalue weighted by atomic mass is 9.89. The quantitative estimate of drug-likeness (QED) is 0.755. The number of para-hydroxylation sites is 1. The summed E-state index contributed by atoms with van der Waals surface area (Å²) in [6.07, 6.45) is 2.95. The van der Waals surface area contributed by atoms with Crippen LogP contribution in [-0.4, -0.2) is 18.1 Å². The molecule has 0 amide bonds. The monoisotopic (exact) mass is 304 g/mol. The maximum Gasteiger partial charge on any atom is 0.119 e. The molecule has 0 saturated heterocycles. The molecule has 0 radical (unpaired) electrons. The van der Waals surface area contributed by atoms with Crippen molar-refractivity contribution in [1.29, 1.82) is 0 Å². The van der Waals surface area contributed by atoms with Crippen LogP contribution in [0.25, 0.3) is 0 Å². The van der Waals surface area contributed by atoms with Crippen molar-refractivity contribution in [2.45, 2.75) is 38.5 Å². The fraction of sp³-hybridized carbons (Fsp3) is 0.471. The summed E-state index contributed by atoms with van der Waals surface area (Å²) in [6, 6.07) is 9.97. The Balaban J connectivity index is 1.80. The van der Waals surface area contributed by atoms with E-state index in [1.807, 2.05) is 30.3 Å². The standard InChI is InChI=1S/C17H24N2OS/c1-17(2,16-19-14(9-11-18)13-21-16)10-6-12-20-15-7-4-3-5-8-15/h3-5,7-8,13H,6,9-12,18H2,1-2H3. The van der Waals surface area contributed by atoms with Gasteiger partial charge in [0.05, 0.1) is 17.3 Å². The maximum atomic E-state index is 5.75. The van der Waals surface area contributed by atoms with E-state index in [-0.39, 0.29) is 5.41 Å². The number of hydrogen-bond donors (Lipinski definition) is 1. The molecule has 0 unspecified atom stereocenters. The third-order valence-electron chi connectivity index (χ3n) is 3.49. The highest BCUT2D eigenvalue weighted by Crippen LogP contribution is 2.31. The van der Waals surface area contributed by atoms with Gasteiger partial charge in [-0.05, 0) is 31.5 Å². The first-order valence-electron chi connectivity index (χ1n) is 7.44. The second-order valence-corrected chi connectivity index (χ2v) is 6.69. The third kappa shape index (κ3) is 4.83. The van der Waals surface area contributed by atoms with Crippen LogP contribution < -0.4 is 10.5 Å². The molecule has 3 nitrogen and oxygen atoms in total. The van der Waals surface area contributed by atoms with E-state index in [4.69, 9.17) is 15.5 Å². The molecule has 0 saturated carbocycles. The first kappa shape index (κ1) is 16.0. The van der Waals surface area contributed by atoms with Crippen molar-refractivity contribution >= 4 is 11.3 Å². The predicted octanol–water partition coefficient (Wildman–Crippen LogP) is 3.78. The first-order valence-corrected chi connectivity index (χ1v) is 8.32. The van der Waals surface area contributed by atoms with Crippen molar-refractivity contribution in [3.8, 4) is 5.75 Å². The zero-order valence-electron chi connectivity index (χ0n) is 12.8. The molecule has 4 heteroatoms. The van der Waals surface area contributed by atoms with E-state index in [1.165, 1.54) is 5.01 Å². The number of thiazole rings is 1. The Bertz CT molecular complexity index is 537. The van der Waals surface area contributed by atoms with Crippen molar-refractivity contribution in [1.82, 2.24) is 4.98 Å². The molecule has 0 aliphatic carbocycles. The normalized spacial score (nSPS) is 11.6. The molecule has 0 bridgehead atoms. The highest BCUT2D eigenvalue weighted by atomic mass is 32.1. The smallest absolute Gasteiger partial charge is 0.119 e. The van der Waals surface area contributed by atoms with Gasteiger partial charge in [0, 0.05) is 17.2 Å². The number of hydrogen-bond acceptors (Lipinski definition) is 4. The Morgan fingerprint density at radius 3 is 2.71 bits per heavy atom. The Labute approximate surface area is 131 Å². The predicted molar refractivity (Wildman–Crippen MR) is 89.1 cm³/mol. The number of nitrogens with zero attached hydrogens (tertiary/aromatic N) is 1. The molecule has 1 aromatic heterocycles. The molecule has 114 valence electrons. The Morgan fingerprint density at radius 2 is 2.00 bits per heavy atom. The third-order valence-corrected chi connectivity index (χ3v) is 4.75.